The Morgan fingerprint density at radius 3 is 2.55 bits per heavy atom. The summed E-state index contributed by atoms with van der Waals surface area (Å²) in [4.78, 5) is 10.8. The summed E-state index contributed by atoms with van der Waals surface area (Å²) in [5.41, 5.74) is 0.0370. The number of aromatic carboxylic acids is 1. The van der Waals surface area contributed by atoms with Crippen LogP contribution in [-0.4, -0.2) is 26.4 Å². The number of carboxylic acids is 1. The largest absolute Gasteiger partial charge is 0.508 e. The van der Waals surface area contributed by atoms with E-state index < -0.39 is 5.97 Å². The third kappa shape index (κ3) is 1.83. The van der Waals surface area contributed by atoms with Gasteiger partial charge >= 0.3 is 5.97 Å². The van der Waals surface area contributed by atoms with Crippen LogP contribution in [0.4, 0.5) is 0 Å². The van der Waals surface area contributed by atoms with Crippen LogP contribution in [0.25, 0.3) is 22.1 Å². The van der Waals surface area contributed by atoms with Crippen molar-refractivity contribution in [1.29, 1.82) is 0 Å². The summed E-state index contributed by atoms with van der Waals surface area (Å²) in [6, 6.07) is 9.04. The molecule has 2 aromatic carbocycles. The van der Waals surface area contributed by atoms with E-state index >= 15 is 0 Å². The Bertz CT molecular complexity index is 816. The molecule has 0 aliphatic heterocycles. The van der Waals surface area contributed by atoms with Gasteiger partial charge in [-0.3, -0.25) is 0 Å². The average Bonchev–Trinajstić information content (AvgIpc) is 2.88. The monoisotopic (exact) mass is 271 g/mol. The number of fused-ring (bicyclic) bond motifs is 1. The van der Waals surface area contributed by atoms with Crippen molar-refractivity contribution in [2.75, 3.05) is 0 Å². The topological polar surface area (TPSA) is 104 Å². The van der Waals surface area contributed by atoms with Crippen LogP contribution in [0.15, 0.2) is 40.9 Å². The highest BCUT2D eigenvalue weighted by molar-refractivity contribution is 6.00. The van der Waals surface area contributed by atoms with Crippen LogP contribution >= 0.6 is 0 Å². The number of aromatic nitrogens is 1. The summed E-state index contributed by atoms with van der Waals surface area (Å²) in [6.07, 6.45) is 0. The molecule has 0 saturated heterocycles. The van der Waals surface area contributed by atoms with Gasteiger partial charge in [-0.2, -0.15) is 0 Å². The van der Waals surface area contributed by atoms with E-state index in [0.717, 1.165) is 5.39 Å². The summed E-state index contributed by atoms with van der Waals surface area (Å²) in [5.74, 6) is -1.16. The van der Waals surface area contributed by atoms with Gasteiger partial charge in [-0.15, -0.1) is 0 Å². The highest BCUT2D eigenvalue weighted by Crippen LogP contribution is 2.37. The molecule has 0 radical (unpaired) electrons. The van der Waals surface area contributed by atoms with Gasteiger partial charge in [0.25, 0.3) is 0 Å². The predicted molar refractivity (Wildman–Crippen MR) is 69.7 cm³/mol. The zero-order valence-corrected chi connectivity index (χ0v) is 10.1. The number of benzene rings is 2. The molecule has 20 heavy (non-hydrogen) atoms. The quantitative estimate of drug-likeness (QED) is 0.661. The third-order valence-corrected chi connectivity index (χ3v) is 2.96. The van der Waals surface area contributed by atoms with E-state index in [2.05, 4.69) is 5.16 Å². The zero-order chi connectivity index (χ0) is 14.3. The summed E-state index contributed by atoms with van der Waals surface area (Å²) in [7, 11) is 0. The van der Waals surface area contributed by atoms with E-state index in [1.165, 1.54) is 24.3 Å². The van der Waals surface area contributed by atoms with E-state index in [0.29, 0.717) is 10.9 Å². The van der Waals surface area contributed by atoms with E-state index in [9.17, 15) is 15.0 Å². The molecule has 3 N–H and O–H groups in total. The molecule has 1 aromatic heterocycles. The second-order valence-electron chi connectivity index (χ2n) is 4.25. The van der Waals surface area contributed by atoms with Crippen LogP contribution in [0.3, 0.4) is 0 Å². The lowest BCUT2D eigenvalue weighted by atomic mass is 10.0. The molecule has 3 aromatic rings. The van der Waals surface area contributed by atoms with E-state index in [1.807, 2.05) is 0 Å². The summed E-state index contributed by atoms with van der Waals surface area (Å²) in [6.45, 7) is 0. The summed E-state index contributed by atoms with van der Waals surface area (Å²) >= 11 is 0. The molecule has 3 rings (SSSR count). The van der Waals surface area contributed by atoms with Gasteiger partial charge in [-0.05, 0) is 23.6 Å². The molecule has 0 saturated carbocycles. The smallest absolute Gasteiger partial charge is 0.358 e. The van der Waals surface area contributed by atoms with Crippen LogP contribution in [0, 0.1) is 0 Å². The van der Waals surface area contributed by atoms with Gasteiger partial charge < -0.3 is 19.8 Å². The number of carboxylic acid groups (broad SMARTS) is 1. The fourth-order valence-corrected chi connectivity index (χ4v) is 2.05. The third-order valence-electron chi connectivity index (χ3n) is 2.96. The molecule has 6 nitrogen and oxygen atoms in total. The first-order valence-corrected chi connectivity index (χ1v) is 5.71. The van der Waals surface area contributed by atoms with Crippen LogP contribution in [-0.2, 0) is 0 Å². The van der Waals surface area contributed by atoms with Crippen LogP contribution in [0.5, 0.6) is 11.5 Å². The number of carbonyl (C=O) groups is 1. The molecule has 6 heteroatoms. The van der Waals surface area contributed by atoms with Gasteiger partial charge in [0.1, 0.15) is 11.5 Å². The number of rotatable bonds is 2. The number of aromatic hydroxyl groups is 2. The van der Waals surface area contributed by atoms with E-state index in [-0.39, 0.29) is 23.0 Å². The maximum Gasteiger partial charge on any atom is 0.358 e. The molecule has 0 fully saturated rings. The number of hydrogen-bond acceptors (Lipinski definition) is 5. The second kappa shape index (κ2) is 4.27. The molecule has 1 heterocycles. The SMILES string of the molecule is O=C(O)c1cc(-c2c(O)ccc3ccc(O)cc23)on1. The van der Waals surface area contributed by atoms with Crippen molar-refractivity contribution in [3.05, 3.63) is 42.1 Å². The number of phenolic OH excluding ortho intramolecular Hbond substituents is 2. The molecule has 0 spiro atoms. The van der Waals surface area contributed by atoms with Gasteiger partial charge in [0.2, 0.25) is 0 Å². The Labute approximate surface area is 112 Å². The number of nitrogens with zero attached hydrogens (tertiary/aromatic N) is 1. The second-order valence-corrected chi connectivity index (χ2v) is 4.25. The molecule has 0 amide bonds. The van der Waals surface area contributed by atoms with Crippen molar-refractivity contribution in [2.45, 2.75) is 0 Å². The molecule has 0 atom stereocenters. The van der Waals surface area contributed by atoms with E-state index in [1.54, 1.807) is 12.1 Å². The normalized spacial score (nSPS) is 10.8. The van der Waals surface area contributed by atoms with E-state index in [4.69, 9.17) is 9.63 Å². The molecular weight excluding hydrogens is 262 g/mol. The maximum atomic E-state index is 10.8. The minimum atomic E-state index is -1.22. The molecule has 0 bridgehead atoms. The molecule has 0 aliphatic carbocycles. The van der Waals surface area contributed by atoms with Gasteiger partial charge in [0.15, 0.2) is 11.5 Å². The van der Waals surface area contributed by atoms with Crippen LogP contribution in [0.1, 0.15) is 10.5 Å². The minimum absolute atomic E-state index is 0.0299. The fraction of sp³-hybridized carbons (Fsp3) is 0. The molecule has 0 aliphatic rings. The summed E-state index contributed by atoms with van der Waals surface area (Å²) < 4.78 is 4.97. The Morgan fingerprint density at radius 1 is 1.10 bits per heavy atom. The maximum absolute atomic E-state index is 10.8. The Hall–Kier alpha value is -3.02. The van der Waals surface area contributed by atoms with Crippen LogP contribution < -0.4 is 0 Å². The Kier molecular flexibility index (Phi) is 2.57. The predicted octanol–water partition coefficient (Wildman–Crippen LogP) is 2.60. The van der Waals surface area contributed by atoms with Crippen molar-refractivity contribution in [3.63, 3.8) is 0 Å². The molecule has 0 unspecified atom stereocenters. The minimum Gasteiger partial charge on any atom is -0.508 e. The molecule has 100 valence electrons. The van der Waals surface area contributed by atoms with Crippen molar-refractivity contribution in [1.82, 2.24) is 5.16 Å². The fourth-order valence-electron chi connectivity index (χ4n) is 2.05. The average molecular weight is 271 g/mol. The Morgan fingerprint density at radius 2 is 1.85 bits per heavy atom. The molecular formula is C14H9NO5. The zero-order valence-electron chi connectivity index (χ0n) is 10.1. The first-order chi connectivity index (χ1) is 9.56. The number of hydrogen-bond donors (Lipinski definition) is 3. The van der Waals surface area contributed by atoms with Crippen molar-refractivity contribution >= 4 is 16.7 Å². The van der Waals surface area contributed by atoms with Crippen molar-refractivity contribution in [3.8, 4) is 22.8 Å². The van der Waals surface area contributed by atoms with Crippen molar-refractivity contribution in [2.24, 2.45) is 0 Å². The van der Waals surface area contributed by atoms with Gasteiger partial charge in [-0.1, -0.05) is 17.3 Å². The lowest BCUT2D eigenvalue weighted by Crippen LogP contribution is -1.94. The first kappa shape index (κ1) is 12.0. The number of phenols is 2. The highest BCUT2D eigenvalue weighted by atomic mass is 16.5. The van der Waals surface area contributed by atoms with Gasteiger partial charge in [0.05, 0.1) is 5.56 Å². The lowest BCUT2D eigenvalue weighted by Gasteiger charge is -2.06. The van der Waals surface area contributed by atoms with Crippen LogP contribution in [0.2, 0.25) is 0 Å². The lowest BCUT2D eigenvalue weighted by molar-refractivity contribution is 0.0686. The first-order valence-electron chi connectivity index (χ1n) is 5.71. The van der Waals surface area contributed by atoms with Crippen molar-refractivity contribution < 1.29 is 24.6 Å². The van der Waals surface area contributed by atoms with Gasteiger partial charge in [-0.25, -0.2) is 4.79 Å². The Balaban J connectivity index is 2.30. The standard InChI is InChI=1S/C14H9NO5/c16-8-3-1-7-2-4-11(17)13(9(7)5-8)12-6-10(14(18)19)15-20-12/h1-6,16-17H,(H,18,19). The summed E-state index contributed by atoms with van der Waals surface area (Å²) in [5, 5.41) is 33.1. The van der Waals surface area contributed by atoms with Gasteiger partial charge in [0, 0.05) is 11.5 Å². The highest BCUT2D eigenvalue weighted by Gasteiger charge is 2.17.